The molecule has 4 nitrogen and oxygen atoms in total. The number of carbonyl (C=O) groups excluding carboxylic acids is 1. The summed E-state index contributed by atoms with van der Waals surface area (Å²) in [4.78, 5) is 15.9. The van der Waals surface area contributed by atoms with E-state index < -0.39 is 11.7 Å². The van der Waals surface area contributed by atoms with Crippen molar-refractivity contribution in [3.63, 3.8) is 0 Å². The number of aromatic nitrogens is 1. The fraction of sp³-hybridized carbons (Fsp3) is 0.0769. The molecule has 0 saturated carbocycles. The molecule has 1 heterocycles. The van der Waals surface area contributed by atoms with Gasteiger partial charge >= 0.3 is 0 Å². The zero-order chi connectivity index (χ0) is 14.0. The van der Waals surface area contributed by atoms with Crippen LogP contribution in [0.15, 0.2) is 34.9 Å². The topological polar surface area (TPSA) is 68.0 Å². The Morgan fingerprint density at radius 1 is 1.42 bits per heavy atom. The van der Waals surface area contributed by atoms with Crippen molar-refractivity contribution < 1.29 is 9.18 Å². The molecular formula is C13H11BrFN3O. The molecule has 1 aromatic heterocycles. The molecule has 0 saturated heterocycles. The number of nitrogens with two attached hydrogens (primary N) is 1. The van der Waals surface area contributed by atoms with Gasteiger partial charge in [0, 0.05) is 4.47 Å². The van der Waals surface area contributed by atoms with Crippen molar-refractivity contribution in [3.8, 4) is 0 Å². The van der Waals surface area contributed by atoms with Gasteiger partial charge < -0.3 is 11.1 Å². The highest BCUT2D eigenvalue weighted by Gasteiger charge is 2.13. The van der Waals surface area contributed by atoms with Crippen molar-refractivity contribution in [2.75, 3.05) is 11.1 Å². The molecule has 19 heavy (non-hydrogen) atoms. The highest BCUT2D eigenvalue weighted by molar-refractivity contribution is 9.10. The second-order valence-corrected chi connectivity index (χ2v) is 4.93. The van der Waals surface area contributed by atoms with Crippen molar-refractivity contribution in [3.05, 3.63) is 51.9 Å². The summed E-state index contributed by atoms with van der Waals surface area (Å²) in [7, 11) is 0. The van der Waals surface area contributed by atoms with Crippen molar-refractivity contribution in [1.29, 1.82) is 0 Å². The predicted molar refractivity (Wildman–Crippen MR) is 75.4 cm³/mol. The van der Waals surface area contributed by atoms with E-state index in [0.717, 1.165) is 0 Å². The number of aryl methyl sites for hydroxylation is 1. The van der Waals surface area contributed by atoms with Crippen molar-refractivity contribution in [2.45, 2.75) is 6.92 Å². The molecule has 0 atom stereocenters. The maximum Gasteiger partial charge on any atom is 0.259 e. The number of nitrogens with one attached hydrogen (secondary N) is 1. The Balaban J connectivity index is 2.25. The van der Waals surface area contributed by atoms with E-state index in [1.807, 2.05) is 0 Å². The first-order valence-electron chi connectivity index (χ1n) is 5.46. The van der Waals surface area contributed by atoms with E-state index >= 15 is 0 Å². The molecule has 1 amide bonds. The summed E-state index contributed by atoms with van der Waals surface area (Å²) >= 11 is 3.13. The number of hydrogen-bond donors (Lipinski definition) is 2. The largest absolute Gasteiger partial charge is 0.397 e. The number of anilines is 2. The fourth-order valence-corrected chi connectivity index (χ4v) is 1.91. The average molecular weight is 324 g/mol. The Morgan fingerprint density at radius 2 is 2.16 bits per heavy atom. The summed E-state index contributed by atoms with van der Waals surface area (Å²) in [6, 6.07) is 5.92. The normalized spacial score (nSPS) is 10.3. The van der Waals surface area contributed by atoms with Gasteiger partial charge in [0.15, 0.2) is 0 Å². The lowest BCUT2D eigenvalue weighted by atomic mass is 10.2. The Labute approximate surface area is 118 Å². The molecule has 0 spiro atoms. The molecule has 98 valence electrons. The van der Waals surface area contributed by atoms with Crippen LogP contribution in [0, 0.1) is 12.7 Å². The molecule has 0 aliphatic carbocycles. The number of carbonyl (C=O) groups is 1. The van der Waals surface area contributed by atoms with Gasteiger partial charge in [-0.15, -0.1) is 0 Å². The fourth-order valence-electron chi connectivity index (χ4n) is 1.58. The second kappa shape index (κ2) is 5.36. The van der Waals surface area contributed by atoms with Crippen LogP contribution in [0.3, 0.4) is 0 Å². The van der Waals surface area contributed by atoms with Crippen molar-refractivity contribution >= 4 is 33.3 Å². The van der Waals surface area contributed by atoms with Crippen LogP contribution in [0.2, 0.25) is 0 Å². The van der Waals surface area contributed by atoms with Gasteiger partial charge in [0.05, 0.1) is 17.4 Å². The molecule has 0 aliphatic rings. The van der Waals surface area contributed by atoms with Crippen molar-refractivity contribution in [2.24, 2.45) is 0 Å². The second-order valence-electron chi connectivity index (χ2n) is 4.01. The zero-order valence-corrected chi connectivity index (χ0v) is 11.7. The minimum Gasteiger partial charge on any atom is -0.397 e. The first-order valence-corrected chi connectivity index (χ1v) is 6.25. The third-order valence-electron chi connectivity index (χ3n) is 2.51. The maximum absolute atomic E-state index is 13.6. The number of halogens is 2. The quantitative estimate of drug-likeness (QED) is 0.892. The molecule has 0 radical (unpaired) electrons. The Morgan fingerprint density at radius 3 is 2.79 bits per heavy atom. The summed E-state index contributed by atoms with van der Waals surface area (Å²) in [6.45, 7) is 1.76. The van der Waals surface area contributed by atoms with Gasteiger partial charge in [-0.05, 0) is 36.8 Å². The molecule has 0 bridgehead atoms. The Hall–Kier alpha value is -1.95. The van der Waals surface area contributed by atoms with Gasteiger partial charge in [0.2, 0.25) is 0 Å². The lowest BCUT2D eigenvalue weighted by Crippen LogP contribution is -2.15. The van der Waals surface area contributed by atoms with Gasteiger partial charge in [-0.1, -0.05) is 15.9 Å². The standard InChI is InChI=1S/C13H11BrFN3O/c1-7-4-9(16)6-17-12(7)18-13(19)10-3-2-8(14)5-11(10)15/h2-6H,16H2,1H3,(H,17,18,19). The molecular weight excluding hydrogens is 313 g/mol. The monoisotopic (exact) mass is 323 g/mol. The zero-order valence-electron chi connectivity index (χ0n) is 10.1. The predicted octanol–water partition coefficient (Wildman–Crippen LogP) is 3.13. The lowest BCUT2D eigenvalue weighted by molar-refractivity contribution is 0.102. The van der Waals surface area contributed by atoms with Crippen LogP contribution in [0.5, 0.6) is 0 Å². The highest BCUT2D eigenvalue weighted by Crippen LogP contribution is 2.18. The van der Waals surface area contributed by atoms with E-state index in [2.05, 4.69) is 26.2 Å². The molecule has 6 heteroatoms. The van der Waals surface area contributed by atoms with Crippen LogP contribution in [-0.4, -0.2) is 10.9 Å². The van der Waals surface area contributed by atoms with E-state index in [0.29, 0.717) is 21.5 Å². The molecule has 0 fully saturated rings. The minimum atomic E-state index is -0.597. The van der Waals surface area contributed by atoms with Gasteiger partial charge in [-0.25, -0.2) is 9.37 Å². The summed E-state index contributed by atoms with van der Waals surface area (Å²) < 4.78 is 14.2. The Bertz CT molecular complexity index is 646. The van der Waals surface area contributed by atoms with Crippen LogP contribution in [0.4, 0.5) is 15.9 Å². The van der Waals surface area contributed by atoms with E-state index in [4.69, 9.17) is 5.73 Å². The number of nitrogen functional groups attached to an aromatic ring is 1. The number of nitrogens with zero attached hydrogens (tertiary/aromatic N) is 1. The number of pyridine rings is 1. The average Bonchev–Trinajstić information content (AvgIpc) is 2.32. The number of amides is 1. The van der Waals surface area contributed by atoms with Crippen LogP contribution in [0.25, 0.3) is 0 Å². The first kappa shape index (κ1) is 13.5. The van der Waals surface area contributed by atoms with E-state index in [-0.39, 0.29) is 5.56 Å². The number of rotatable bonds is 2. The maximum atomic E-state index is 13.6. The van der Waals surface area contributed by atoms with Gasteiger partial charge in [0.25, 0.3) is 5.91 Å². The third-order valence-corrected chi connectivity index (χ3v) is 3.00. The summed E-state index contributed by atoms with van der Waals surface area (Å²) in [5.74, 6) is -0.785. The SMILES string of the molecule is Cc1cc(N)cnc1NC(=O)c1ccc(Br)cc1F. The third kappa shape index (κ3) is 3.08. The van der Waals surface area contributed by atoms with Crippen molar-refractivity contribution in [1.82, 2.24) is 4.98 Å². The highest BCUT2D eigenvalue weighted by atomic mass is 79.9. The molecule has 0 unspecified atom stereocenters. The smallest absolute Gasteiger partial charge is 0.259 e. The van der Waals surface area contributed by atoms with Crippen LogP contribution in [0.1, 0.15) is 15.9 Å². The molecule has 2 aromatic rings. The molecule has 2 rings (SSSR count). The van der Waals surface area contributed by atoms with Crippen LogP contribution in [-0.2, 0) is 0 Å². The van der Waals surface area contributed by atoms with E-state index in [1.165, 1.54) is 18.3 Å². The van der Waals surface area contributed by atoms with Crippen LogP contribution < -0.4 is 11.1 Å². The van der Waals surface area contributed by atoms with Gasteiger partial charge in [-0.3, -0.25) is 4.79 Å². The minimum absolute atomic E-state index is 0.0405. The summed E-state index contributed by atoms with van der Waals surface area (Å²) in [5, 5.41) is 2.55. The number of hydrogen-bond acceptors (Lipinski definition) is 3. The van der Waals surface area contributed by atoms with Gasteiger partial charge in [-0.2, -0.15) is 0 Å². The lowest BCUT2D eigenvalue weighted by Gasteiger charge is -2.08. The molecule has 0 aliphatic heterocycles. The number of benzene rings is 1. The van der Waals surface area contributed by atoms with Gasteiger partial charge in [0.1, 0.15) is 11.6 Å². The summed E-state index contributed by atoms with van der Waals surface area (Å²) in [6.07, 6.45) is 1.43. The molecule has 1 aromatic carbocycles. The van der Waals surface area contributed by atoms with Crippen LogP contribution >= 0.6 is 15.9 Å². The molecule has 3 N–H and O–H groups in total. The van der Waals surface area contributed by atoms with E-state index in [9.17, 15) is 9.18 Å². The Kier molecular flexibility index (Phi) is 3.80. The van der Waals surface area contributed by atoms with E-state index in [1.54, 1.807) is 19.1 Å². The summed E-state index contributed by atoms with van der Waals surface area (Å²) in [5.41, 5.74) is 6.75. The first-order chi connectivity index (χ1) is 8.97.